The van der Waals surface area contributed by atoms with E-state index in [0.717, 1.165) is 19.5 Å². The third-order valence-electron chi connectivity index (χ3n) is 6.17. The van der Waals surface area contributed by atoms with Gasteiger partial charge in [0.05, 0.1) is 18.2 Å². The highest BCUT2D eigenvalue weighted by atomic mass is 16.3. The fourth-order valence-corrected chi connectivity index (χ4v) is 4.60. The lowest BCUT2D eigenvalue weighted by atomic mass is 9.85. The normalized spacial score (nSPS) is 30.4. The molecule has 2 aliphatic rings. The fraction of sp³-hybridized carbons (Fsp3) is 1.00. The molecule has 0 amide bonds. The summed E-state index contributed by atoms with van der Waals surface area (Å²) >= 11 is 0. The molecule has 0 unspecified atom stereocenters. The summed E-state index contributed by atoms with van der Waals surface area (Å²) in [6.07, 6.45) is 15.9. The fourth-order valence-electron chi connectivity index (χ4n) is 4.60. The standard InChI is InChI=1S/C21H42N2O2/c1-2-3-4-5-6-7-8-9-10-12-15-22-20-18-14-11-13-16-23(18)17-19(24)21(20)25/h18-22,24-25H,2-17H2,1H3/t18-,19+,20+,21-/m1/s1. The number of fused-ring (bicyclic) bond motifs is 1. The van der Waals surface area contributed by atoms with E-state index in [2.05, 4.69) is 17.1 Å². The average Bonchev–Trinajstić information content (AvgIpc) is 2.62. The highest BCUT2D eigenvalue weighted by Crippen LogP contribution is 2.27. The molecule has 4 heteroatoms. The first kappa shape index (κ1) is 21.1. The first-order valence-corrected chi connectivity index (χ1v) is 11.1. The van der Waals surface area contributed by atoms with E-state index in [0.29, 0.717) is 12.6 Å². The van der Waals surface area contributed by atoms with Crippen molar-refractivity contribution in [2.45, 2.75) is 115 Å². The van der Waals surface area contributed by atoms with E-state index in [1.807, 2.05) is 0 Å². The molecule has 2 heterocycles. The van der Waals surface area contributed by atoms with Crippen molar-refractivity contribution in [3.63, 3.8) is 0 Å². The molecule has 4 nitrogen and oxygen atoms in total. The number of rotatable bonds is 12. The average molecular weight is 355 g/mol. The molecule has 0 aromatic heterocycles. The lowest BCUT2D eigenvalue weighted by Gasteiger charge is -2.48. The van der Waals surface area contributed by atoms with E-state index in [1.54, 1.807) is 0 Å². The van der Waals surface area contributed by atoms with Crippen LogP contribution in [0.5, 0.6) is 0 Å². The Labute approximate surface area is 155 Å². The Kier molecular flexibility index (Phi) is 10.4. The number of piperidine rings is 2. The van der Waals surface area contributed by atoms with E-state index < -0.39 is 12.2 Å². The van der Waals surface area contributed by atoms with Crippen molar-refractivity contribution in [1.82, 2.24) is 10.2 Å². The van der Waals surface area contributed by atoms with E-state index in [4.69, 9.17) is 0 Å². The van der Waals surface area contributed by atoms with Gasteiger partial charge in [-0.2, -0.15) is 0 Å². The number of aliphatic hydroxyl groups is 2. The van der Waals surface area contributed by atoms with Crippen molar-refractivity contribution in [2.75, 3.05) is 19.6 Å². The van der Waals surface area contributed by atoms with Gasteiger partial charge in [0.2, 0.25) is 0 Å². The Morgan fingerprint density at radius 2 is 1.52 bits per heavy atom. The molecule has 2 aliphatic heterocycles. The van der Waals surface area contributed by atoms with Gasteiger partial charge in [0.1, 0.15) is 0 Å². The number of hydrogen-bond acceptors (Lipinski definition) is 4. The van der Waals surface area contributed by atoms with E-state index in [1.165, 1.54) is 77.0 Å². The van der Waals surface area contributed by atoms with Gasteiger partial charge in [0.15, 0.2) is 0 Å². The maximum atomic E-state index is 10.4. The van der Waals surface area contributed by atoms with Gasteiger partial charge < -0.3 is 15.5 Å². The Hall–Kier alpha value is -0.160. The summed E-state index contributed by atoms with van der Waals surface area (Å²) in [6.45, 7) is 4.95. The van der Waals surface area contributed by atoms with Crippen LogP contribution in [0.25, 0.3) is 0 Å². The van der Waals surface area contributed by atoms with Gasteiger partial charge in [0.25, 0.3) is 0 Å². The lowest BCUT2D eigenvalue weighted by molar-refractivity contribution is -0.0917. The second-order valence-corrected chi connectivity index (χ2v) is 8.28. The Balaban J connectivity index is 1.53. The summed E-state index contributed by atoms with van der Waals surface area (Å²) in [5.41, 5.74) is 0. The molecule has 2 rings (SSSR count). The molecule has 0 radical (unpaired) electrons. The third-order valence-corrected chi connectivity index (χ3v) is 6.17. The summed E-state index contributed by atoms with van der Waals surface area (Å²) in [4.78, 5) is 2.39. The molecule has 4 atom stereocenters. The zero-order valence-electron chi connectivity index (χ0n) is 16.5. The van der Waals surface area contributed by atoms with Gasteiger partial charge in [-0.25, -0.2) is 0 Å². The van der Waals surface area contributed by atoms with Crippen LogP contribution in [0.2, 0.25) is 0 Å². The van der Waals surface area contributed by atoms with Crippen molar-refractivity contribution in [3.8, 4) is 0 Å². The Bertz CT molecular complexity index is 340. The summed E-state index contributed by atoms with van der Waals surface area (Å²) in [7, 11) is 0. The lowest BCUT2D eigenvalue weighted by Crippen LogP contribution is -2.66. The van der Waals surface area contributed by atoms with Crippen molar-refractivity contribution >= 4 is 0 Å². The van der Waals surface area contributed by atoms with Crippen LogP contribution >= 0.6 is 0 Å². The molecular weight excluding hydrogens is 312 g/mol. The quantitative estimate of drug-likeness (QED) is 0.470. The van der Waals surface area contributed by atoms with Gasteiger partial charge in [-0.15, -0.1) is 0 Å². The zero-order valence-corrected chi connectivity index (χ0v) is 16.5. The van der Waals surface area contributed by atoms with Crippen LogP contribution in [0.15, 0.2) is 0 Å². The number of aliphatic hydroxyl groups excluding tert-OH is 2. The SMILES string of the molecule is CCCCCCCCCCCCN[C@@H]1[C@H](O)[C@@H](O)CN2CCCC[C@H]12. The van der Waals surface area contributed by atoms with Crippen LogP contribution in [-0.2, 0) is 0 Å². The predicted molar refractivity (Wildman–Crippen MR) is 105 cm³/mol. The molecule has 0 saturated carbocycles. The molecule has 0 bridgehead atoms. The first-order chi connectivity index (χ1) is 12.2. The summed E-state index contributed by atoms with van der Waals surface area (Å²) in [5.74, 6) is 0. The maximum absolute atomic E-state index is 10.4. The van der Waals surface area contributed by atoms with Gasteiger partial charge in [-0.1, -0.05) is 71.1 Å². The van der Waals surface area contributed by atoms with Crippen LogP contribution in [0.1, 0.15) is 90.4 Å². The topological polar surface area (TPSA) is 55.7 Å². The maximum Gasteiger partial charge on any atom is 0.0979 e. The van der Waals surface area contributed by atoms with Gasteiger partial charge in [-0.05, 0) is 32.4 Å². The Morgan fingerprint density at radius 1 is 0.880 bits per heavy atom. The van der Waals surface area contributed by atoms with Crippen molar-refractivity contribution in [1.29, 1.82) is 0 Å². The minimum Gasteiger partial charge on any atom is -0.389 e. The first-order valence-electron chi connectivity index (χ1n) is 11.1. The van der Waals surface area contributed by atoms with Crippen molar-refractivity contribution in [3.05, 3.63) is 0 Å². The monoisotopic (exact) mass is 354 g/mol. The summed E-state index contributed by atoms with van der Waals surface area (Å²) < 4.78 is 0. The molecule has 0 aromatic rings. The highest BCUT2D eigenvalue weighted by Gasteiger charge is 2.42. The molecule has 25 heavy (non-hydrogen) atoms. The molecule has 0 spiro atoms. The van der Waals surface area contributed by atoms with Crippen LogP contribution in [0, 0.1) is 0 Å². The van der Waals surface area contributed by atoms with Gasteiger partial charge in [-0.3, -0.25) is 4.90 Å². The number of nitrogens with zero attached hydrogens (tertiary/aromatic N) is 1. The summed E-state index contributed by atoms with van der Waals surface area (Å²) in [5, 5.41) is 24.1. The van der Waals surface area contributed by atoms with Crippen molar-refractivity contribution in [2.24, 2.45) is 0 Å². The van der Waals surface area contributed by atoms with E-state index in [9.17, 15) is 10.2 Å². The Morgan fingerprint density at radius 3 is 2.20 bits per heavy atom. The van der Waals surface area contributed by atoms with Gasteiger partial charge in [0, 0.05) is 12.6 Å². The van der Waals surface area contributed by atoms with Crippen LogP contribution in [-0.4, -0.2) is 59.0 Å². The van der Waals surface area contributed by atoms with Crippen molar-refractivity contribution < 1.29 is 10.2 Å². The molecule has 2 fully saturated rings. The van der Waals surface area contributed by atoms with Gasteiger partial charge >= 0.3 is 0 Å². The molecule has 148 valence electrons. The molecule has 0 aliphatic carbocycles. The minimum absolute atomic E-state index is 0.0441. The van der Waals surface area contributed by atoms with Crippen LogP contribution in [0.4, 0.5) is 0 Å². The second kappa shape index (κ2) is 12.3. The molecule has 0 aromatic carbocycles. The number of unbranched alkanes of at least 4 members (excludes halogenated alkanes) is 9. The second-order valence-electron chi connectivity index (χ2n) is 8.28. The van der Waals surface area contributed by atoms with Crippen LogP contribution < -0.4 is 5.32 Å². The largest absolute Gasteiger partial charge is 0.389 e. The molecule has 2 saturated heterocycles. The minimum atomic E-state index is -0.609. The molecular formula is C21H42N2O2. The van der Waals surface area contributed by atoms with Crippen LogP contribution in [0.3, 0.4) is 0 Å². The zero-order chi connectivity index (χ0) is 17.9. The number of nitrogens with one attached hydrogen (secondary N) is 1. The predicted octanol–water partition coefficient (Wildman–Crippen LogP) is 3.46. The third kappa shape index (κ3) is 7.16. The number of hydrogen-bond donors (Lipinski definition) is 3. The highest BCUT2D eigenvalue weighted by molar-refractivity contribution is 4.99. The summed E-state index contributed by atoms with van der Waals surface area (Å²) in [6, 6.07) is 0.456. The van der Waals surface area contributed by atoms with E-state index in [-0.39, 0.29) is 6.04 Å². The smallest absolute Gasteiger partial charge is 0.0979 e. The van der Waals surface area contributed by atoms with E-state index >= 15 is 0 Å². The molecule has 3 N–H and O–H groups in total.